The van der Waals surface area contributed by atoms with Crippen LogP contribution in [0.5, 0.6) is 5.75 Å². The van der Waals surface area contributed by atoms with Gasteiger partial charge in [0.1, 0.15) is 10.4 Å². The summed E-state index contributed by atoms with van der Waals surface area (Å²) >= 11 is 2.61. The van der Waals surface area contributed by atoms with E-state index in [-0.39, 0.29) is 17.2 Å². The first-order valence-electron chi connectivity index (χ1n) is 10.2. The molecule has 0 atom stereocenters. The van der Waals surface area contributed by atoms with Crippen molar-refractivity contribution in [3.63, 3.8) is 0 Å². The van der Waals surface area contributed by atoms with Gasteiger partial charge in [-0.2, -0.15) is 0 Å². The average Bonchev–Trinajstić information content (AvgIpc) is 3.24. The molecule has 2 aromatic heterocycles. The first-order chi connectivity index (χ1) is 15.5. The van der Waals surface area contributed by atoms with Gasteiger partial charge in [0.05, 0.1) is 29.3 Å². The van der Waals surface area contributed by atoms with Gasteiger partial charge < -0.3 is 10.1 Å². The summed E-state index contributed by atoms with van der Waals surface area (Å²) in [6.07, 6.45) is 0. The number of benzene rings is 2. The number of hydrogen-bond acceptors (Lipinski definition) is 6. The molecule has 0 radical (unpaired) electrons. The number of carbonyl (C=O) groups excluding carboxylic acids is 1. The maximum Gasteiger partial charge on any atom is 0.276 e. The molecule has 1 amide bonds. The molecule has 6 nitrogen and oxygen atoms in total. The van der Waals surface area contributed by atoms with Gasteiger partial charge in [0.15, 0.2) is 5.16 Å². The van der Waals surface area contributed by atoms with Gasteiger partial charge in [-0.05, 0) is 56.0 Å². The maximum atomic E-state index is 13.3. The van der Waals surface area contributed by atoms with E-state index >= 15 is 0 Å². The first-order valence-corrected chi connectivity index (χ1v) is 12.1. The van der Waals surface area contributed by atoms with Crippen molar-refractivity contribution in [3.05, 3.63) is 75.4 Å². The van der Waals surface area contributed by atoms with Gasteiger partial charge in [-0.3, -0.25) is 14.2 Å². The van der Waals surface area contributed by atoms with Crippen LogP contribution in [0.2, 0.25) is 0 Å². The van der Waals surface area contributed by atoms with Crippen LogP contribution < -0.4 is 15.6 Å². The molecule has 4 rings (SSSR count). The molecule has 0 aliphatic carbocycles. The number of carbonyl (C=O) groups is 1. The second-order valence-corrected chi connectivity index (χ2v) is 9.08. The van der Waals surface area contributed by atoms with Crippen molar-refractivity contribution in [2.45, 2.75) is 25.9 Å². The highest BCUT2D eigenvalue weighted by molar-refractivity contribution is 7.99. The highest BCUT2D eigenvalue weighted by atomic mass is 32.2. The number of thioether (sulfide) groups is 1. The molecule has 0 unspecified atom stereocenters. The van der Waals surface area contributed by atoms with Crippen LogP contribution in [0, 0.1) is 13.8 Å². The summed E-state index contributed by atoms with van der Waals surface area (Å²) in [6.45, 7) is 6.39. The lowest BCUT2D eigenvalue weighted by Crippen LogP contribution is -2.23. The molecular weight excluding hydrogens is 442 g/mol. The number of amides is 1. The number of thiophene rings is 1. The van der Waals surface area contributed by atoms with Crippen molar-refractivity contribution in [3.8, 4) is 11.4 Å². The Bertz CT molecular complexity index is 1340. The van der Waals surface area contributed by atoms with Crippen molar-refractivity contribution in [2.75, 3.05) is 17.7 Å². The van der Waals surface area contributed by atoms with Gasteiger partial charge >= 0.3 is 0 Å². The summed E-state index contributed by atoms with van der Waals surface area (Å²) in [7, 11) is 0. The van der Waals surface area contributed by atoms with Crippen LogP contribution in [0.4, 0.5) is 5.69 Å². The predicted molar refractivity (Wildman–Crippen MR) is 132 cm³/mol. The molecule has 2 aromatic carbocycles. The Morgan fingerprint density at radius 1 is 1.19 bits per heavy atom. The van der Waals surface area contributed by atoms with Crippen LogP contribution in [-0.2, 0) is 4.79 Å². The third-order valence-electron chi connectivity index (χ3n) is 4.84. The molecule has 0 aliphatic heterocycles. The van der Waals surface area contributed by atoms with Crippen molar-refractivity contribution in [1.29, 1.82) is 0 Å². The minimum absolute atomic E-state index is 0.105. The van der Waals surface area contributed by atoms with E-state index in [2.05, 4.69) is 5.32 Å². The summed E-state index contributed by atoms with van der Waals surface area (Å²) in [5.41, 5.74) is 4.00. The Balaban J connectivity index is 1.64. The summed E-state index contributed by atoms with van der Waals surface area (Å²) < 4.78 is 7.79. The van der Waals surface area contributed by atoms with E-state index in [1.807, 2.05) is 68.6 Å². The number of aromatic nitrogens is 2. The molecular formula is C24H23N3O3S2. The number of para-hydroxylation sites is 2. The fraction of sp³-hybridized carbons (Fsp3) is 0.208. The smallest absolute Gasteiger partial charge is 0.276 e. The van der Waals surface area contributed by atoms with Gasteiger partial charge in [0, 0.05) is 0 Å². The van der Waals surface area contributed by atoms with E-state index < -0.39 is 0 Å². The van der Waals surface area contributed by atoms with Crippen LogP contribution in [0.15, 0.2) is 63.9 Å². The molecule has 1 N–H and O–H groups in total. The first kappa shape index (κ1) is 22.1. The van der Waals surface area contributed by atoms with Gasteiger partial charge in [-0.1, -0.05) is 41.6 Å². The molecule has 0 saturated heterocycles. The molecule has 8 heteroatoms. The molecule has 0 aliphatic rings. The van der Waals surface area contributed by atoms with Crippen molar-refractivity contribution >= 4 is 44.9 Å². The second-order valence-electron chi connectivity index (χ2n) is 7.23. The molecule has 0 fully saturated rings. The Morgan fingerprint density at radius 3 is 2.78 bits per heavy atom. The summed E-state index contributed by atoms with van der Waals surface area (Å²) in [6, 6.07) is 15.1. The lowest BCUT2D eigenvalue weighted by Gasteiger charge is -2.15. The number of nitrogens with zero attached hydrogens (tertiary/aromatic N) is 2. The number of ether oxygens (including phenoxy) is 1. The number of aryl methyl sites for hydroxylation is 2. The van der Waals surface area contributed by atoms with Crippen LogP contribution >= 0.6 is 23.1 Å². The van der Waals surface area contributed by atoms with Crippen molar-refractivity contribution < 1.29 is 9.53 Å². The number of fused-ring (bicyclic) bond motifs is 1. The van der Waals surface area contributed by atoms with Gasteiger partial charge in [-0.25, -0.2) is 4.98 Å². The zero-order valence-electron chi connectivity index (χ0n) is 18.0. The zero-order chi connectivity index (χ0) is 22.7. The summed E-state index contributed by atoms with van der Waals surface area (Å²) in [5.74, 6) is 0.528. The topological polar surface area (TPSA) is 73.2 Å². The largest absolute Gasteiger partial charge is 0.492 e. The SMILES string of the molecule is CCOc1ccccc1NC(=O)CSc1nc2ccsc2c(=O)n1-c1ccc(C)cc1C. The lowest BCUT2D eigenvalue weighted by molar-refractivity contribution is -0.113. The fourth-order valence-corrected chi connectivity index (χ4v) is 4.99. The normalized spacial score (nSPS) is 11.0. The molecule has 0 bridgehead atoms. The van der Waals surface area contributed by atoms with Crippen LogP contribution in [0.1, 0.15) is 18.1 Å². The van der Waals surface area contributed by atoms with Gasteiger partial charge in [-0.15, -0.1) is 11.3 Å². The third kappa shape index (κ3) is 4.56. The Kier molecular flexibility index (Phi) is 6.62. The van der Waals surface area contributed by atoms with Crippen LogP contribution in [0.3, 0.4) is 0 Å². The molecule has 164 valence electrons. The van der Waals surface area contributed by atoms with E-state index in [9.17, 15) is 9.59 Å². The minimum Gasteiger partial charge on any atom is -0.492 e. The second kappa shape index (κ2) is 9.58. The molecule has 0 saturated carbocycles. The van der Waals surface area contributed by atoms with E-state index in [1.165, 1.54) is 23.1 Å². The molecule has 2 heterocycles. The third-order valence-corrected chi connectivity index (χ3v) is 6.67. The average molecular weight is 466 g/mol. The fourth-order valence-electron chi connectivity index (χ4n) is 3.43. The van der Waals surface area contributed by atoms with Gasteiger partial charge in [0.25, 0.3) is 5.56 Å². The number of nitrogens with one attached hydrogen (secondary N) is 1. The zero-order valence-corrected chi connectivity index (χ0v) is 19.7. The van der Waals surface area contributed by atoms with E-state index in [1.54, 1.807) is 10.6 Å². The van der Waals surface area contributed by atoms with E-state index in [0.29, 0.717) is 33.4 Å². The summed E-state index contributed by atoms with van der Waals surface area (Å²) in [5, 5.41) is 5.24. The van der Waals surface area contributed by atoms with E-state index in [4.69, 9.17) is 9.72 Å². The standard InChI is InChI=1S/C24H23N3O3S2/c1-4-30-20-8-6-5-7-17(20)25-21(28)14-32-24-26-18-11-12-31-22(18)23(29)27(24)19-10-9-15(2)13-16(19)3/h5-13H,4,14H2,1-3H3,(H,25,28). The number of anilines is 1. The van der Waals surface area contributed by atoms with Crippen LogP contribution in [0.25, 0.3) is 15.9 Å². The quantitative estimate of drug-likeness (QED) is 0.300. The van der Waals surface area contributed by atoms with E-state index in [0.717, 1.165) is 16.8 Å². The Labute approximate surface area is 194 Å². The Morgan fingerprint density at radius 2 is 2.00 bits per heavy atom. The van der Waals surface area contributed by atoms with Crippen molar-refractivity contribution in [2.24, 2.45) is 0 Å². The number of rotatable bonds is 7. The van der Waals surface area contributed by atoms with Gasteiger partial charge in [0.2, 0.25) is 5.91 Å². The lowest BCUT2D eigenvalue weighted by atomic mass is 10.1. The highest BCUT2D eigenvalue weighted by Gasteiger charge is 2.17. The maximum absolute atomic E-state index is 13.3. The van der Waals surface area contributed by atoms with Crippen LogP contribution in [-0.4, -0.2) is 27.8 Å². The monoisotopic (exact) mass is 465 g/mol. The number of hydrogen-bond donors (Lipinski definition) is 1. The van der Waals surface area contributed by atoms with Crippen molar-refractivity contribution in [1.82, 2.24) is 9.55 Å². The predicted octanol–water partition coefficient (Wildman–Crippen LogP) is 5.19. The highest BCUT2D eigenvalue weighted by Crippen LogP contribution is 2.27. The summed E-state index contributed by atoms with van der Waals surface area (Å²) in [4.78, 5) is 30.7. The Hall–Kier alpha value is -3.10. The molecule has 4 aromatic rings. The minimum atomic E-state index is -0.200. The molecule has 32 heavy (non-hydrogen) atoms. The molecule has 0 spiro atoms.